The van der Waals surface area contributed by atoms with Crippen molar-refractivity contribution in [2.45, 2.75) is 20.0 Å². The first-order valence-corrected chi connectivity index (χ1v) is 5.69. The van der Waals surface area contributed by atoms with Crippen LogP contribution in [0.25, 0.3) is 0 Å². The Hall–Kier alpha value is -0.820. The zero-order valence-corrected chi connectivity index (χ0v) is 10.8. The SMILES string of the molecule is COCCN(CC(C)C)CC(C(=O)O)C(F)(F)F. The van der Waals surface area contributed by atoms with E-state index in [4.69, 9.17) is 9.84 Å². The number of aliphatic carboxylic acids is 1. The Morgan fingerprint density at radius 2 is 1.89 bits per heavy atom. The second-order valence-electron chi connectivity index (χ2n) is 4.58. The van der Waals surface area contributed by atoms with Gasteiger partial charge in [0.15, 0.2) is 5.92 Å². The maximum Gasteiger partial charge on any atom is 0.403 e. The first-order valence-electron chi connectivity index (χ1n) is 5.69. The van der Waals surface area contributed by atoms with E-state index < -0.39 is 24.6 Å². The molecular formula is C11H20F3NO3. The van der Waals surface area contributed by atoms with Crippen LogP contribution in [0.5, 0.6) is 0 Å². The van der Waals surface area contributed by atoms with Gasteiger partial charge in [-0.15, -0.1) is 0 Å². The van der Waals surface area contributed by atoms with Crippen molar-refractivity contribution in [1.82, 2.24) is 4.90 Å². The lowest BCUT2D eigenvalue weighted by molar-refractivity contribution is -0.197. The van der Waals surface area contributed by atoms with Gasteiger partial charge in [-0.05, 0) is 5.92 Å². The standard InChI is InChI=1S/C11H20F3NO3/c1-8(2)6-15(4-5-18-3)7-9(10(16)17)11(12,13)14/h8-9H,4-7H2,1-3H3,(H,16,17). The summed E-state index contributed by atoms with van der Waals surface area (Å²) in [5, 5.41) is 8.64. The molecule has 0 rings (SSSR count). The topological polar surface area (TPSA) is 49.8 Å². The van der Waals surface area contributed by atoms with E-state index in [2.05, 4.69) is 0 Å². The minimum atomic E-state index is -4.73. The number of methoxy groups -OCH3 is 1. The largest absolute Gasteiger partial charge is 0.481 e. The number of carboxylic acids is 1. The highest BCUT2D eigenvalue weighted by molar-refractivity contribution is 5.71. The van der Waals surface area contributed by atoms with Crippen LogP contribution in [-0.2, 0) is 9.53 Å². The second-order valence-corrected chi connectivity index (χ2v) is 4.58. The van der Waals surface area contributed by atoms with Crippen molar-refractivity contribution in [3.8, 4) is 0 Å². The van der Waals surface area contributed by atoms with Crippen LogP contribution in [0.3, 0.4) is 0 Å². The number of halogens is 3. The van der Waals surface area contributed by atoms with Crippen LogP contribution in [0.15, 0.2) is 0 Å². The molecule has 0 fully saturated rings. The summed E-state index contributed by atoms with van der Waals surface area (Å²) in [6.07, 6.45) is -4.73. The molecule has 0 aliphatic rings. The van der Waals surface area contributed by atoms with Gasteiger partial charge in [-0.1, -0.05) is 13.8 Å². The lowest BCUT2D eigenvalue weighted by Gasteiger charge is -2.27. The molecule has 0 aromatic heterocycles. The number of hydrogen-bond acceptors (Lipinski definition) is 3. The molecule has 0 aromatic rings. The van der Waals surface area contributed by atoms with Gasteiger partial charge in [0.25, 0.3) is 0 Å². The van der Waals surface area contributed by atoms with Crippen molar-refractivity contribution in [2.24, 2.45) is 11.8 Å². The molecule has 1 unspecified atom stereocenters. The third-order valence-electron chi connectivity index (χ3n) is 2.37. The molecule has 0 saturated carbocycles. The number of carbonyl (C=O) groups is 1. The zero-order chi connectivity index (χ0) is 14.3. The predicted octanol–water partition coefficient (Wildman–Crippen LogP) is 1.85. The number of carboxylic acid groups (broad SMARTS) is 1. The van der Waals surface area contributed by atoms with E-state index in [1.165, 1.54) is 12.0 Å². The first-order chi connectivity index (χ1) is 8.18. The van der Waals surface area contributed by atoms with Gasteiger partial charge >= 0.3 is 12.1 Å². The smallest absolute Gasteiger partial charge is 0.403 e. The summed E-state index contributed by atoms with van der Waals surface area (Å²) >= 11 is 0. The quantitative estimate of drug-likeness (QED) is 0.732. The molecule has 0 bridgehead atoms. The maximum absolute atomic E-state index is 12.6. The fourth-order valence-corrected chi connectivity index (χ4v) is 1.57. The molecule has 0 aliphatic carbocycles. The third-order valence-corrected chi connectivity index (χ3v) is 2.37. The van der Waals surface area contributed by atoms with Crippen molar-refractivity contribution in [1.29, 1.82) is 0 Å². The average Bonchev–Trinajstić information content (AvgIpc) is 2.18. The van der Waals surface area contributed by atoms with Crippen LogP contribution in [0, 0.1) is 11.8 Å². The molecule has 0 amide bonds. The number of rotatable bonds is 8. The van der Waals surface area contributed by atoms with Crippen molar-refractivity contribution in [3.05, 3.63) is 0 Å². The summed E-state index contributed by atoms with van der Waals surface area (Å²) in [7, 11) is 1.45. The highest BCUT2D eigenvalue weighted by Crippen LogP contribution is 2.27. The fraction of sp³-hybridized carbons (Fsp3) is 0.909. The molecule has 0 aliphatic heterocycles. The summed E-state index contributed by atoms with van der Waals surface area (Å²) in [5.74, 6) is -4.04. The maximum atomic E-state index is 12.6. The average molecular weight is 271 g/mol. The predicted molar refractivity (Wildman–Crippen MR) is 60.3 cm³/mol. The zero-order valence-electron chi connectivity index (χ0n) is 10.8. The van der Waals surface area contributed by atoms with Gasteiger partial charge in [0.2, 0.25) is 0 Å². The van der Waals surface area contributed by atoms with Crippen LogP contribution >= 0.6 is 0 Å². The van der Waals surface area contributed by atoms with E-state index in [-0.39, 0.29) is 19.1 Å². The Bertz CT molecular complexity index is 256. The Kier molecular flexibility index (Phi) is 7.23. The summed E-state index contributed by atoms with van der Waals surface area (Å²) in [4.78, 5) is 12.1. The molecule has 0 radical (unpaired) electrons. The second kappa shape index (κ2) is 7.58. The molecule has 0 saturated heterocycles. The summed E-state index contributed by atoms with van der Waals surface area (Å²) in [5.41, 5.74) is 0. The summed E-state index contributed by atoms with van der Waals surface area (Å²) in [6, 6.07) is 0. The molecule has 108 valence electrons. The molecule has 7 heteroatoms. The van der Waals surface area contributed by atoms with E-state index in [0.29, 0.717) is 6.54 Å². The van der Waals surface area contributed by atoms with Gasteiger partial charge in [0, 0.05) is 26.7 Å². The number of ether oxygens (including phenoxy) is 1. The van der Waals surface area contributed by atoms with Crippen LogP contribution in [0.4, 0.5) is 13.2 Å². The molecule has 1 atom stereocenters. The lowest BCUT2D eigenvalue weighted by atomic mass is 10.1. The van der Waals surface area contributed by atoms with Crippen LogP contribution < -0.4 is 0 Å². The minimum Gasteiger partial charge on any atom is -0.481 e. The van der Waals surface area contributed by atoms with Crippen molar-refractivity contribution < 1.29 is 27.8 Å². The number of hydrogen-bond donors (Lipinski definition) is 1. The van der Waals surface area contributed by atoms with E-state index in [1.807, 2.05) is 13.8 Å². The third kappa shape index (κ3) is 6.80. The van der Waals surface area contributed by atoms with Gasteiger partial charge in [-0.3, -0.25) is 9.69 Å². The van der Waals surface area contributed by atoms with Crippen molar-refractivity contribution in [2.75, 3.05) is 33.4 Å². The summed E-state index contributed by atoms with van der Waals surface area (Å²) < 4.78 is 42.5. The minimum absolute atomic E-state index is 0.157. The van der Waals surface area contributed by atoms with Gasteiger partial charge < -0.3 is 9.84 Å². The molecule has 4 nitrogen and oxygen atoms in total. The number of alkyl halides is 3. The van der Waals surface area contributed by atoms with E-state index >= 15 is 0 Å². The first kappa shape index (κ1) is 17.2. The Labute approximate surface area is 105 Å². The lowest BCUT2D eigenvalue weighted by Crippen LogP contribution is -2.43. The van der Waals surface area contributed by atoms with Crippen molar-refractivity contribution in [3.63, 3.8) is 0 Å². The Morgan fingerprint density at radius 3 is 2.22 bits per heavy atom. The molecule has 0 heterocycles. The highest BCUT2D eigenvalue weighted by atomic mass is 19.4. The fourth-order valence-electron chi connectivity index (χ4n) is 1.57. The summed E-state index contributed by atoms with van der Waals surface area (Å²) in [6.45, 7) is 4.15. The van der Waals surface area contributed by atoms with Crippen LogP contribution in [0.2, 0.25) is 0 Å². The molecular weight excluding hydrogens is 251 g/mol. The van der Waals surface area contributed by atoms with E-state index in [9.17, 15) is 18.0 Å². The number of nitrogens with zero attached hydrogens (tertiary/aromatic N) is 1. The normalized spacial score (nSPS) is 14.2. The van der Waals surface area contributed by atoms with Gasteiger partial charge in [0.1, 0.15) is 0 Å². The van der Waals surface area contributed by atoms with Gasteiger partial charge in [0.05, 0.1) is 6.61 Å². The monoisotopic (exact) mass is 271 g/mol. The molecule has 0 spiro atoms. The Balaban J connectivity index is 4.64. The van der Waals surface area contributed by atoms with Crippen molar-refractivity contribution >= 4 is 5.97 Å². The van der Waals surface area contributed by atoms with E-state index in [1.54, 1.807) is 0 Å². The van der Waals surface area contributed by atoms with Crippen LogP contribution in [-0.4, -0.2) is 55.5 Å². The molecule has 18 heavy (non-hydrogen) atoms. The molecule has 0 aromatic carbocycles. The Morgan fingerprint density at radius 1 is 1.33 bits per heavy atom. The molecule has 1 N–H and O–H groups in total. The van der Waals surface area contributed by atoms with Gasteiger partial charge in [-0.25, -0.2) is 0 Å². The van der Waals surface area contributed by atoms with Crippen LogP contribution in [0.1, 0.15) is 13.8 Å². The van der Waals surface area contributed by atoms with Gasteiger partial charge in [-0.2, -0.15) is 13.2 Å². The van der Waals surface area contributed by atoms with E-state index in [0.717, 1.165) is 0 Å². The highest BCUT2D eigenvalue weighted by Gasteiger charge is 2.45.